The van der Waals surface area contributed by atoms with E-state index in [1.807, 2.05) is 24.3 Å². The Kier molecular flexibility index (Phi) is 3.87. The summed E-state index contributed by atoms with van der Waals surface area (Å²) in [7, 11) is 1.79. The van der Waals surface area contributed by atoms with Gasteiger partial charge in [-0.15, -0.1) is 0 Å². The molecule has 2 aliphatic heterocycles. The number of nitrogens with zero attached hydrogens (tertiary/aromatic N) is 3. The molecule has 0 bridgehead atoms. The summed E-state index contributed by atoms with van der Waals surface area (Å²) in [6.45, 7) is 0.562. The van der Waals surface area contributed by atoms with Crippen LogP contribution in [0, 0.1) is 0 Å². The van der Waals surface area contributed by atoms with E-state index in [1.165, 1.54) is 0 Å². The van der Waals surface area contributed by atoms with Gasteiger partial charge in [0.05, 0.1) is 16.8 Å². The van der Waals surface area contributed by atoms with Gasteiger partial charge in [0.2, 0.25) is 5.91 Å². The lowest BCUT2D eigenvalue weighted by Crippen LogP contribution is -2.40. The van der Waals surface area contributed by atoms with Gasteiger partial charge in [0.15, 0.2) is 5.69 Å². The van der Waals surface area contributed by atoms with Crippen LogP contribution in [0.25, 0.3) is 10.9 Å². The van der Waals surface area contributed by atoms with Crippen molar-refractivity contribution in [2.75, 3.05) is 17.2 Å². The first-order valence-electron chi connectivity index (χ1n) is 9.52. The molecule has 1 atom stereocenters. The maximum atomic E-state index is 13.0. The molecule has 0 unspecified atom stereocenters. The number of amides is 3. The van der Waals surface area contributed by atoms with E-state index >= 15 is 0 Å². The summed E-state index contributed by atoms with van der Waals surface area (Å²) in [6.07, 6.45) is 1.48. The molecule has 1 fully saturated rings. The summed E-state index contributed by atoms with van der Waals surface area (Å²) < 4.78 is 1.66. The molecule has 3 heterocycles. The second kappa shape index (κ2) is 6.44. The fourth-order valence-electron chi connectivity index (χ4n) is 4.13. The van der Waals surface area contributed by atoms with Crippen LogP contribution in [0.5, 0.6) is 0 Å². The van der Waals surface area contributed by atoms with E-state index < -0.39 is 6.04 Å². The molecule has 29 heavy (non-hydrogen) atoms. The number of anilines is 2. The van der Waals surface area contributed by atoms with Gasteiger partial charge in [-0.1, -0.05) is 18.2 Å². The number of carbonyl (C=O) groups excluding carboxylic acids is 3. The largest absolute Gasteiger partial charge is 0.327 e. The van der Waals surface area contributed by atoms with Crippen molar-refractivity contribution >= 4 is 40.0 Å². The number of nitrogens with one attached hydrogen (secondary N) is 2. The Morgan fingerprint density at radius 2 is 2.03 bits per heavy atom. The Balaban J connectivity index is 1.47. The van der Waals surface area contributed by atoms with E-state index in [4.69, 9.17) is 0 Å². The number of hydrogen-bond acceptors (Lipinski definition) is 4. The molecular formula is C21H19N5O3. The quantitative estimate of drug-likeness (QED) is 0.703. The third kappa shape index (κ3) is 2.75. The van der Waals surface area contributed by atoms with E-state index in [0.717, 1.165) is 17.3 Å². The van der Waals surface area contributed by atoms with Crippen molar-refractivity contribution in [3.05, 3.63) is 53.7 Å². The summed E-state index contributed by atoms with van der Waals surface area (Å²) in [4.78, 5) is 39.8. The molecule has 2 aromatic carbocycles. The number of para-hydroxylation sites is 1. The van der Waals surface area contributed by atoms with E-state index in [9.17, 15) is 14.4 Å². The normalized spacial score (nSPS) is 18.2. The van der Waals surface area contributed by atoms with Gasteiger partial charge >= 0.3 is 0 Å². The van der Waals surface area contributed by atoms with Crippen LogP contribution in [0.2, 0.25) is 0 Å². The Morgan fingerprint density at radius 3 is 2.90 bits per heavy atom. The molecule has 3 amide bonds. The lowest BCUT2D eigenvalue weighted by Gasteiger charge is -2.20. The van der Waals surface area contributed by atoms with Crippen molar-refractivity contribution < 1.29 is 14.4 Å². The zero-order valence-electron chi connectivity index (χ0n) is 15.8. The number of rotatable bonds is 2. The SMILES string of the molecule is Cn1nc(C(=O)Nc2ccc3c(c2)C(=O)N2CCC[C@@H]2C(=O)N3)c2ccccc21. The molecule has 0 aliphatic carbocycles. The Labute approximate surface area is 166 Å². The van der Waals surface area contributed by atoms with Gasteiger partial charge in [-0.3, -0.25) is 19.1 Å². The van der Waals surface area contributed by atoms with Crippen molar-refractivity contribution in [1.29, 1.82) is 0 Å². The molecule has 2 aliphatic rings. The summed E-state index contributed by atoms with van der Waals surface area (Å²) >= 11 is 0. The highest BCUT2D eigenvalue weighted by molar-refractivity contribution is 6.13. The molecule has 2 N–H and O–H groups in total. The van der Waals surface area contributed by atoms with Gasteiger partial charge in [-0.25, -0.2) is 0 Å². The second-order valence-corrected chi connectivity index (χ2v) is 7.35. The van der Waals surface area contributed by atoms with Crippen molar-refractivity contribution in [3.63, 3.8) is 0 Å². The fourth-order valence-corrected chi connectivity index (χ4v) is 4.13. The zero-order valence-corrected chi connectivity index (χ0v) is 15.8. The van der Waals surface area contributed by atoms with Gasteiger partial charge in [0, 0.05) is 24.7 Å². The van der Waals surface area contributed by atoms with Crippen LogP contribution in [0.4, 0.5) is 11.4 Å². The minimum Gasteiger partial charge on any atom is -0.327 e. The average molecular weight is 389 g/mol. The Hall–Kier alpha value is -3.68. The topological polar surface area (TPSA) is 96.3 Å². The molecule has 5 rings (SSSR count). The van der Waals surface area contributed by atoms with Crippen LogP contribution in [-0.4, -0.2) is 45.0 Å². The van der Waals surface area contributed by atoms with Crippen molar-refractivity contribution in [2.45, 2.75) is 18.9 Å². The minimum atomic E-state index is -0.423. The first kappa shape index (κ1) is 17.4. The minimum absolute atomic E-state index is 0.161. The van der Waals surface area contributed by atoms with Gasteiger partial charge in [0.1, 0.15) is 6.04 Å². The van der Waals surface area contributed by atoms with Gasteiger partial charge in [-0.05, 0) is 37.1 Å². The third-order valence-corrected chi connectivity index (χ3v) is 5.55. The predicted octanol–water partition coefficient (Wildman–Crippen LogP) is 2.38. The summed E-state index contributed by atoms with van der Waals surface area (Å²) in [5, 5.41) is 10.7. The first-order chi connectivity index (χ1) is 14.0. The van der Waals surface area contributed by atoms with Crippen LogP contribution in [0.3, 0.4) is 0 Å². The summed E-state index contributed by atoms with van der Waals surface area (Å²) in [6, 6.07) is 12.0. The molecule has 0 saturated carbocycles. The molecule has 8 heteroatoms. The monoisotopic (exact) mass is 389 g/mol. The predicted molar refractivity (Wildman–Crippen MR) is 108 cm³/mol. The molecule has 1 aromatic heterocycles. The first-order valence-corrected chi connectivity index (χ1v) is 9.52. The van der Waals surface area contributed by atoms with Crippen LogP contribution in [-0.2, 0) is 11.8 Å². The summed E-state index contributed by atoms with van der Waals surface area (Å²) in [5.41, 5.74) is 2.50. The maximum Gasteiger partial charge on any atom is 0.276 e. The smallest absolute Gasteiger partial charge is 0.276 e. The molecular weight excluding hydrogens is 370 g/mol. The van der Waals surface area contributed by atoms with Crippen molar-refractivity contribution in [2.24, 2.45) is 7.05 Å². The van der Waals surface area contributed by atoms with Gasteiger partial charge in [0.25, 0.3) is 11.8 Å². The number of aromatic nitrogens is 2. The van der Waals surface area contributed by atoms with Crippen molar-refractivity contribution in [3.8, 4) is 0 Å². The average Bonchev–Trinajstić information content (AvgIpc) is 3.32. The molecule has 146 valence electrons. The molecule has 0 spiro atoms. The maximum absolute atomic E-state index is 13.0. The lowest BCUT2D eigenvalue weighted by atomic mass is 10.1. The number of hydrogen-bond donors (Lipinski definition) is 2. The highest BCUT2D eigenvalue weighted by Crippen LogP contribution is 2.30. The molecule has 3 aromatic rings. The van der Waals surface area contributed by atoms with Crippen LogP contribution in [0.1, 0.15) is 33.7 Å². The fraction of sp³-hybridized carbons (Fsp3) is 0.238. The lowest BCUT2D eigenvalue weighted by molar-refractivity contribution is -0.119. The Bertz CT molecular complexity index is 1180. The number of carbonyl (C=O) groups is 3. The van der Waals surface area contributed by atoms with E-state index in [1.54, 1.807) is 34.8 Å². The molecule has 1 saturated heterocycles. The number of fused-ring (bicyclic) bond motifs is 3. The van der Waals surface area contributed by atoms with Gasteiger partial charge < -0.3 is 15.5 Å². The van der Waals surface area contributed by atoms with Gasteiger partial charge in [-0.2, -0.15) is 5.10 Å². The van der Waals surface area contributed by atoms with Crippen molar-refractivity contribution in [1.82, 2.24) is 14.7 Å². The summed E-state index contributed by atoms with van der Waals surface area (Å²) in [5.74, 6) is -0.711. The van der Waals surface area contributed by atoms with E-state index in [-0.39, 0.29) is 17.7 Å². The molecule has 8 nitrogen and oxygen atoms in total. The number of aryl methyl sites for hydroxylation is 1. The van der Waals surface area contributed by atoms with E-state index in [2.05, 4.69) is 15.7 Å². The van der Waals surface area contributed by atoms with Crippen LogP contribution in [0.15, 0.2) is 42.5 Å². The second-order valence-electron chi connectivity index (χ2n) is 7.35. The highest BCUT2D eigenvalue weighted by atomic mass is 16.2. The van der Waals surface area contributed by atoms with E-state index in [0.29, 0.717) is 35.6 Å². The highest BCUT2D eigenvalue weighted by Gasteiger charge is 2.38. The standard InChI is InChI=1S/C21H19N5O3/c1-25-16-6-3-2-5-13(16)18(24-25)20(28)22-12-8-9-15-14(11-12)21(29)26-10-4-7-17(26)19(27)23-15/h2-3,5-6,8-9,11,17H,4,7,10H2,1H3,(H,22,28)(H,23,27)/t17-/m1/s1. The number of benzene rings is 2. The van der Waals surface area contributed by atoms with Crippen LogP contribution < -0.4 is 10.6 Å². The molecule has 0 radical (unpaired) electrons. The zero-order chi connectivity index (χ0) is 20.1. The third-order valence-electron chi connectivity index (χ3n) is 5.55. The van der Waals surface area contributed by atoms with Crippen LogP contribution >= 0.6 is 0 Å². The Morgan fingerprint density at radius 1 is 1.21 bits per heavy atom.